The second-order valence-corrected chi connectivity index (χ2v) is 8.75. The Morgan fingerprint density at radius 3 is 2.64 bits per heavy atom. The number of unbranched alkanes of at least 4 members (excludes halogenated alkanes) is 1. The van der Waals surface area contributed by atoms with Gasteiger partial charge in [-0.1, -0.05) is 43.9 Å². The fourth-order valence-corrected chi connectivity index (χ4v) is 4.88. The van der Waals surface area contributed by atoms with Crippen LogP contribution in [0.15, 0.2) is 0 Å². The number of rotatable bonds is 7. The summed E-state index contributed by atoms with van der Waals surface area (Å²) in [7, 11) is 0. The van der Waals surface area contributed by atoms with Gasteiger partial charge in [0, 0.05) is 5.92 Å². The molecular formula is C19H32N4OS. The summed E-state index contributed by atoms with van der Waals surface area (Å²) < 4.78 is 0. The minimum Gasteiger partial charge on any atom is -0.300 e. The monoisotopic (exact) mass is 364 g/mol. The van der Waals surface area contributed by atoms with Crippen LogP contribution in [0.1, 0.15) is 76.1 Å². The van der Waals surface area contributed by atoms with Gasteiger partial charge < -0.3 is 5.32 Å². The molecule has 0 atom stereocenters. The molecule has 5 nitrogen and oxygen atoms in total. The van der Waals surface area contributed by atoms with E-state index in [2.05, 4.69) is 27.3 Å². The van der Waals surface area contributed by atoms with Crippen LogP contribution in [0.25, 0.3) is 0 Å². The lowest BCUT2D eigenvalue weighted by Gasteiger charge is -2.27. The Morgan fingerprint density at radius 1 is 1.16 bits per heavy atom. The predicted molar refractivity (Wildman–Crippen MR) is 103 cm³/mol. The number of anilines is 1. The summed E-state index contributed by atoms with van der Waals surface area (Å²) in [5, 5.41) is 13.1. The van der Waals surface area contributed by atoms with E-state index in [9.17, 15) is 4.79 Å². The van der Waals surface area contributed by atoms with Crippen LogP contribution in [0.3, 0.4) is 0 Å². The zero-order valence-electron chi connectivity index (χ0n) is 15.5. The number of nitrogens with one attached hydrogen (secondary N) is 1. The molecule has 1 aromatic rings. The third kappa shape index (κ3) is 5.74. The summed E-state index contributed by atoms with van der Waals surface area (Å²) in [5.41, 5.74) is 0. The molecule has 0 aromatic carbocycles. The van der Waals surface area contributed by atoms with Crippen LogP contribution in [0.5, 0.6) is 0 Å². The molecule has 1 aliphatic carbocycles. The summed E-state index contributed by atoms with van der Waals surface area (Å²) in [6.07, 6.45) is 12.3. The van der Waals surface area contributed by atoms with Crippen molar-refractivity contribution in [1.29, 1.82) is 0 Å². The smallest absolute Gasteiger partial charge is 0.229 e. The lowest BCUT2D eigenvalue weighted by Crippen LogP contribution is -2.29. The first-order chi connectivity index (χ1) is 12.2. The number of carbonyl (C=O) groups excluding carboxylic acids is 1. The highest BCUT2D eigenvalue weighted by molar-refractivity contribution is 7.15. The van der Waals surface area contributed by atoms with E-state index in [4.69, 9.17) is 0 Å². The van der Waals surface area contributed by atoms with E-state index < -0.39 is 0 Å². The average molecular weight is 365 g/mol. The molecule has 1 aliphatic heterocycles. The number of likely N-dealkylation sites (tertiary alicyclic amines) is 1. The molecule has 25 heavy (non-hydrogen) atoms. The second-order valence-electron chi connectivity index (χ2n) is 7.69. The Kier molecular flexibility index (Phi) is 7.23. The maximum absolute atomic E-state index is 12.5. The normalized spacial score (nSPS) is 25.0. The number of hydrogen-bond acceptors (Lipinski definition) is 5. The summed E-state index contributed by atoms with van der Waals surface area (Å²) in [5.74, 6) is 1.14. The van der Waals surface area contributed by atoms with Gasteiger partial charge in [-0.3, -0.25) is 9.69 Å². The van der Waals surface area contributed by atoms with Crippen molar-refractivity contribution in [2.24, 2.45) is 11.8 Å². The van der Waals surface area contributed by atoms with E-state index in [1.54, 1.807) is 0 Å². The molecule has 0 unspecified atom stereocenters. The van der Waals surface area contributed by atoms with Gasteiger partial charge in [0.05, 0.1) is 6.54 Å². The van der Waals surface area contributed by atoms with Gasteiger partial charge in [0.25, 0.3) is 0 Å². The SMILES string of the molecule is CCCCC1CCC(C(=O)Nc2nnc(CN3CCCCC3)s2)CC1. The number of amides is 1. The molecule has 0 spiro atoms. The first-order valence-electron chi connectivity index (χ1n) is 10.1. The fourth-order valence-electron chi connectivity index (χ4n) is 4.09. The van der Waals surface area contributed by atoms with Gasteiger partial charge in [0.2, 0.25) is 11.0 Å². The predicted octanol–water partition coefficient (Wildman–Crippen LogP) is 4.46. The number of piperidine rings is 1. The van der Waals surface area contributed by atoms with Gasteiger partial charge in [-0.05, 0) is 57.5 Å². The largest absolute Gasteiger partial charge is 0.300 e. The Bertz CT molecular complexity index is 533. The van der Waals surface area contributed by atoms with Crippen molar-refractivity contribution in [2.45, 2.75) is 77.7 Å². The molecule has 3 rings (SSSR count). The number of nitrogens with zero attached hydrogens (tertiary/aromatic N) is 3. The van der Waals surface area contributed by atoms with Gasteiger partial charge in [-0.25, -0.2) is 0 Å². The molecule has 2 heterocycles. The molecule has 1 N–H and O–H groups in total. The Hall–Kier alpha value is -1.01. The third-order valence-electron chi connectivity index (χ3n) is 5.69. The van der Waals surface area contributed by atoms with Crippen LogP contribution in [0.2, 0.25) is 0 Å². The number of hydrogen-bond donors (Lipinski definition) is 1. The summed E-state index contributed by atoms with van der Waals surface area (Å²) in [6, 6.07) is 0. The minimum absolute atomic E-state index is 0.148. The van der Waals surface area contributed by atoms with Crippen molar-refractivity contribution < 1.29 is 4.79 Å². The molecule has 6 heteroatoms. The molecule has 2 aliphatic rings. The third-order valence-corrected chi connectivity index (χ3v) is 6.51. The Labute approximate surface area is 155 Å². The maximum Gasteiger partial charge on any atom is 0.229 e. The molecule has 0 radical (unpaired) electrons. The van der Waals surface area contributed by atoms with E-state index in [1.807, 2.05) is 0 Å². The van der Waals surface area contributed by atoms with Crippen LogP contribution in [0, 0.1) is 11.8 Å². The zero-order valence-corrected chi connectivity index (χ0v) is 16.3. The Morgan fingerprint density at radius 2 is 1.92 bits per heavy atom. The highest BCUT2D eigenvalue weighted by atomic mass is 32.1. The maximum atomic E-state index is 12.5. The molecule has 1 aromatic heterocycles. The molecule has 1 amide bonds. The first kappa shape index (κ1) is 18.8. The van der Waals surface area contributed by atoms with Gasteiger partial charge >= 0.3 is 0 Å². The molecule has 1 saturated carbocycles. The van der Waals surface area contributed by atoms with Gasteiger partial charge in [-0.15, -0.1) is 10.2 Å². The van der Waals surface area contributed by atoms with Crippen molar-refractivity contribution in [3.05, 3.63) is 5.01 Å². The standard InChI is InChI=1S/C19H32N4OS/c1-2-3-7-15-8-10-16(11-9-15)18(24)20-19-22-21-17(25-19)14-23-12-5-4-6-13-23/h15-16H,2-14H2,1H3,(H,20,22,24). The van der Waals surface area contributed by atoms with E-state index >= 15 is 0 Å². The number of aromatic nitrogens is 2. The van der Waals surface area contributed by atoms with Gasteiger partial charge in [0.15, 0.2) is 0 Å². The van der Waals surface area contributed by atoms with Crippen LogP contribution < -0.4 is 5.32 Å². The van der Waals surface area contributed by atoms with Gasteiger partial charge in [0.1, 0.15) is 5.01 Å². The minimum atomic E-state index is 0.148. The quantitative estimate of drug-likeness (QED) is 0.776. The number of carbonyl (C=O) groups is 1. The van der Waals surface area contributed by atoms with Gasteiger partial charge in [-0.2, -0.15) is 0 Å². The fraction of sp³-hybridized carbons (Fsp3) is 0.842. The Balaban J connectivity index is 1.42. The van der Waals surface area contributed by atoms with Crippen molar-refractivity contribution in [1.82, 2.24) is 15.1 Å². The average Bonchev–Trinajstić information content (AvgIpc) is 3.08. The summed E-state index contributed by atoms with van der Waals surface area (Å²) >= 11 is 1.53. The molecular weight excluding hydrogens is 332 g/mol. The zero-order chi connectivity index (χ0) is 17.5. The highest BCUT2D eigenvalue weighted by Crippen LogP contribution is 2.32. The molecule has 140 valence electrons. The molecule has 2 fully saturated rings. The van der Waals surface area contributed by atoms with Crippen molar-refractivity contribution in [2.75, 3.05) is 18.4 Å². The van der Waals surface area contributed by atoms with Crippen LogP contribution in [-0.2, 0) is 11.3 Å². The lowest BCUT2D eigenvalue weighted by atomic mass is 9.79. The first-order valence-corrected chi connectivity index (χ1v) is 10.9. The van der Waals surface area contributed by atoms with Crippen molar-refractivity contribution in [3.63, 3.8) is 0 Å². The second kappa shape index (κ2) is 9.62. The van der Waals surface area contributed by atoms with Crippen molar-refractivity contribution >= 4 is 22.4 Å². The van der Waals surface area contributed by atoms with Crippen LogP contribution in [-0.4, -0.2) is 34.1 Å². The van der Waals surface area contributed by atoms with Crippen LogP contribution in [0.4, 0.5) is 5.13 Å². The van der Waals surface area contributed by atoms with Crippen molar-refractivity contribution in [3.8, 4) is 0 Å². The van der Waals surface area contributed by atoms with E-state index in [1.165, 1.54) is 62.7 Å². The van der Waals surface area contributed by atoms with E-state index in [0.29, 0.717) is 5.13 Å². The lowest BCUT2D eigenvalue weighted by molar-refractivity contribution is -0.121. The summed E-state index contributed by atoms with van der Waals surface area (Å²) in [6.45, 7) is 5.43. The van der Waals surface area contributed by atoms with E-state index in [-0.39, 0.29) is 11.8 Å². The summed E-state index contributed by atoms with van der Waals surface area (Å²) in [4.78, 5) is 14.9. The topological polar surface area (TPSA) is 58.1 Å². The van der Waals surface area contributed by atoms with E-state index in [0.717, 1.165) is 43.4 Å². The molecule has 0 bridgehead atoms. The van der Waals surface area contributed by atoms with Crippen LogP contribution >= 0.6 is 11.3 Å². The molecule has 1 saturated heterocycles. The highest BCUT2D eigenvalue weighted by Gasteiger charge is 2.26.